The van der Waals surface area contributed by atoms with Crippen LogP contribution in [0.3, 0.4) is 0 Å². The summed E-state index contributed by atoms with van der Waals surface area (Å²) in [6.45, 7) is 0. The highest BCUT2D eigenvalue weighted by molar-refractivity contribution is 6.26. The lowest BCUT2D eigenvalue weighted by Gasteiger charge is -2.20. The van der Waals surface area contributed by atoms with Gasteiger partial charge >= 0.3 is 0 Å². The number of hydrogen-bond donors (Lipinski definition) is 0. The van der Waals surface area contributed by atoms with E-state index in [9.17, 15) is 2.74 Å². The van der Waals surface area contributed by atoms with Crippen LogP contribution in [0.1, 0.15) is 21.9 Å². The van der Waals surface area contributed by atoms with Crippen molar-refractivity contribution in [3.05, 3.63) is 194 Å². The van der Waals surface area contributed by atoms with Crippen molar-refractivity contribution < 1.29 is 26.3 Å². The third-order valence-electron chi connectivity index (χ3n) is 9.19. The Labute approximate surface area is 319 Å². The zero-order chi connectivity index (χ0) is 47.7. The SMILES string of the molecule is [2H]c1c([2H])c([2H])c(-c2ccc(-c3ccccc3-c3c4ccccc4c(-c4c([2H])c([2H])c([2H])c5oc6c([2H])c([2H])c(-c7c([2H])c([2H])c([2H])c([2H])c7[2H])c([2H])c6c45)c4ccccc34)cc2)c([2H])c1[2H]. The summed E-state index contributed by atoms with van der Waals surface area (Å²) in [4.78, 5) is 0. The van der Waals surface area contributed by atoms with E-state index in [1.807, 2.05) is 84.9 Å². The van der Waals surface area contributed by atoms with Crippen LogP contribution in [-0.2, 0) is 0 Å². The van der Waals surface area contributed by atoms with E-state index in [0.29, 0.717) is 21.9 Å². The van der Waals surface area contributed by atoms with Gasteiger partial charge < -0.3 is 4.42 Å². The van der Waals surface area contributed by atoms with Gasteiger partial charge in [0.15, 0.2) is 0 Å². The van der Waals surface area contributed by atoms with Crippen molar-refractivity contribution in [3.63, 3.8) is 0 Å². The summed E-state index contributed by atoms with van der Waals surface area (Å²) in [6.07, 6.45) is 0. The first-order chi connectivity index (χ1) is 32.0. The highest BCUT2D eigenvalue weighted by atomic mass is 16.3. The smallest absolute Gasteiger partial charge is 0.136 e. The van der Waals surface area contributed by atoms with Gasteiger partial charge in [0, 0.05) is 10.8 Å². The molecule has 1 nitrogen and oxygen atoms in total. The van der Waals surface area contributed by atoms with Crippen molar-refractivity contribution in [2.24, 2.45) is 0 Å². The molecule has 238 valence electrons. The van der Waals surface area contributed by atoms with Crippen LogP contribution in [0.5, 0.6) is 0 Å². The lowest BCUT2D eigenvalue weighted by molar-refractivity contribution is 0.669. The molecule has 1 aromatic heterocycles. The lowest BCUT2D eigenvalue weighted by Crippen LogP contribution is -1.93. The summed E-state index contributed by atoms with van der Waals surface area (Å²) < 4.78 is 145. The molecular weight excluding hydrogens is 617 g/mol. The Morgan fingerprint density at radius 1 is 0.333 bits per heavy atom. The molecule has 0 aliphatic carbocycles. The molecule has 9 aromatic carbocycles. The van der Waals surface area contributed by atoms with Crippen molar-refractivity contribution in [2.45, 2.75) is 0 Å². The van der Waals surface area contributed by atoms with Crippen molar-refractivity contribution in [3.8, 4) is 55.6 Å². The topological polar surface area (TPSA) is 13.1 Å². The van der Waals surface area contributed by atoms with Gasteiger partial charge in [-0.3, -0.25) is 0 Å². The van der Waals surface area contributed by atoms with E-state index in [4.69, 9.17) is 23.6 Å². The second kappa shape index (κ2) is 12.0. The van der Waals surface area contributed by atoms with Gasteiger partial charge in [-0.2, -0.15) is 0 Å². The minimum absolute atomic E-state index is 0.0239. The molecule has 51 heavy (non-hydrogen) atoms. The van der Waals surface area contributed by atoms with Crippen LogP contribution in [0.25, 0.3) is 99.1 Å². The maximum Gasteiger partial charge on any atom is 0.136 e. The van der Waals surface area contributed by atoms with Gasteiger partial charge in [0.2, 0.25) is 0 Å². The Balaban J connectivity index is 1.28. The largest absolute Gasteiger partial charge is 0.456 e. The van der Waals surface area contributed by atoms with Gasteiger partial charge in [-0.1, -0.05) is 176 Å². The number of rotatable bonds is 5. The summed E-state index contributed by atoms with van der Waals surface area (Å²) in [6, 6.07) is 21.4. The van der Waals surface area contributed by atoms with E-state index in [2.05, 4.69) is 0 Å². The first-order valence-corrected chi connectivity index (χ1v) is 16.2. The molecule has 0 saturated carbocycles. The predicted molar refractivity (Wildman–Crippen MR) is 216 cm³/mol. The zero-order valence-electron chi connectivity index (χ0n) is 42.6. The Kier molecular flexibility index (Phi) is 4.07. The molecule has 0 aliphatic heterocycles. The van der Waals surface area contributed by atoms with E-state index in [0.717, 1.165) is 33.0 Å². The monoisotopic (exact) mass is 664 g/mol. The van der Waals surface area contributed by atoms with Gasteiger partial charge in [0.05, 0.1) is 21.9 Å². The van der Waals surface area contributed by atoms with Crippen LogP contribution in [0, 0.1) is 0 Å². The van der Waals surface area contributed by atoms with Crippen LogP contribution >= 0.6 is 0 Å². The Morgan fingerprint density at radius 2 is 0.863 bits per heavy atom. The molecule has 0 unspecified atom stereocenters. The molecule has 0 fully saturated rings. The third-order valence-corrected chi connectivity index (χ3v) is 9.19. The molecule has 0 radical (unpaired) electrons. The molecule has 0 bridgehead atoms. The third kappa shape index (κ3) is 4.86. The molecule has 10 rings (SSSR count). The number of benzene rings is 9. The van der Waals surface area contributed by atoms with Crippen LogP contribution in [0.4, 0.5) is 0 Å². The van der Waals surface area contributed by atoms with E-state index in [-0.39, 0.29) is 51.2 Å². The molecule has 1 heteroatoms. The Morgan fingerprint density at radius 3 is 1.49 bits per heavy atom. The standard InChI is InChI=1S/C50H32O/c1-3-14-33(15-4-1)35-26-28-36(29-27-35)38-18-7-8-19-39(38)48-40-20-9-11-22-42(40)49(43-23-12-10-21-41(43)48)44-24-13-25-47-50(44)45-32-37(30-31-46(45)51-47)34-16-5-2-6-17-34/h1-32H/i1D,2D,3D,4D,5D,6D,13D,14D,15D,16D,17D,24D,25D,30D,31D,32D. The van der Waals surface area contributed by atoms with E-state index in [1.54, 1.807) is 12.1 Å². The van der Waals surface area contributed by atoms with E-state index in [1.165, 1.54) is 0 Å². The van der Waals surface area contributed by atoms with E-state index >= 15 is 0 Å². The molecule has 0 spiro atoms. The number of hydrogen-bond acceptors (Lipinski definition) is 1. The average molecular weight is 665 g/mol. The normalized spacial score (nSPS) is 15.9. The quantitative estimate of drug-likeness (QED) is 0.167. The number of furan rings is 1. The first kappa shape index (κ1) is 17.3. The molecule has 0 atom stereocenters. The molecular formula is C50H32O. The molecule has 0 amide bonds. The van der Waals surface area contributed by atoms with Crippen LogP contribution in [0.15, 0.2) is 198 Å². The second-order valence-corrected chi connectivity index (χ2v) is 12.0. The average Bonchev–Trinajstić information content (AvgIpc) is 3.74. The number of fused-ring (bicyclic) bond motifs is 5. The van der Waals surface area contributed by atoms with Crippen molar-refractivity contribution in [1.29, 1.82) is 0 Å². The summed E-state index contributed by atoms with van der Waals surface area (Å²) in [5.74, 6) is 0. The molecule has 0 N–H and O–H groups in total. The molecule has 10 aromatic rings. The fourth-order valence-corrected chi connectivity index (χ4v) is 6.99. The zero-order valence-corrected chi connectivity index (χ0v) is 26.6. The highest BCUT2D eigenvalue weighted by Gasteiger charge is 2.21. The predicted octanol–water partition coefficient (Wildman–Crippen LogP) is 14.2. The first-order valence-electron chi connectivity index (χ1n) is 24.2. The molecule has 0 aliphatic rings. The Bertz CT molecular complexity index is 3710. The molecule has 1 heterocycles. The summed E-state index contributed by atoms with van der Waals surface area (Å²) >= 11 is 0. The van der Waals surface area contributed by atoms with Gasteiger partial charge in [0.1, 0.15) is 11.2 Å². The van der Waals surface area contributed by atoms with Gasteiger partial charge in [0.25, 0.3) is 0 Å². The van der Waals surface area contributed by atoms with E-state index < -0.39 is 89.7 Å². The highest BCUT2D eigenvalue weighted by Crippen LogP contribution is 2.48. The summed E-state index contributed by atoms with van der Waals surface area (Å²) in [7, 11) is 0. The van der Waals surface area contributed by atoms with Gasteiger partial charge in [-0.25, -0.2) is 0 Å². The van der Waals surface area contributed by atoms with Crippen LogP contribution < -0.4 is 0 Å². The van der Waals surface area contributed by atoms with Crippen molar-refractivity contribution >= 4 is 43.5 Å². The van der Waals surface area contributed by atoms with Gasteiger partial charge in [-0.15, -0.1) is 0 Å². The maximum absolute atomic E-state index is 9.63. The van der Waals surface area contributed by atoms with Gasteiger partial charge in [-0.05, 0) is 95.3 Å². The fraction of sp³-hybridized carbons (Fsp3) is 0. The summed E-state index contributed by atoms with van der Waals surface area (Å²) in [5.41, 5.74) is 2.89. The minimum atomic E-state index is -0.690. The second-order valence-electron chi connectivity index (χ2n) is 12.0. The fourth-order valence-electron chi connectivity index (χ4n) is 6.99. The van der Waals surface area contributed by atoms with Crippen molar-refractivity contribution in [2.75, 3.05) is 0 Å². The minimum Gasteiger partial charge on any atom is -0.456 e. The van der Waals surface area contributed by atoms with Crippen LogP contribution in [0.2, 0.25) is 0 Å². The van der Waals surface area contributed by atoms with Crippen molar-refractivity contribution in [1.82, 2.24) is 0 Å². The summed E-state index contributed by atoms with van der Waals surface area (Å²) in [5, 5.41) is 2.58. The molecule has 0 saturated heterocycles. The lowest BCUT2D eigenvalue weighted by atomic mass is 9.83. The Hall–Kier alpha value is -6.70. The maximum atomic E-state index is 9.63. The van der Waals surface area contributed by atoms with Crippen LogP contribution in [-0.4, -0.2) is 0 Å².